The Hall–Kier alpha value is -2.07. The van der Waals surface area contributed by atoms with Gasteiger partial charge in [0.15, 0.2) is 0 Å². The quantitative estimate of drug-likeness (QED) is 0.427. The van der Waals surface area contributed by atoms with Crippen LogP contribution in [0.5, 0.6) is 0 Å². The van der Waals surface area contributed by atoms with Crippen LogP contribution >= 0.6 is 37.2 Å². The second-order valence-electron chi connectivity index (χ2n) is 9.08. The third-order valence-electron chi connectivity index (χ3n) is 7.09. The lowest BCUT2D eigenvalue weighted by atomic mass is 9.51. The van der Waals surface area contributed by atoms with E-state index in [1.54, 1.807) is 6.20 Å². The van der Waals surface area contributed by atoms with Crippen LogP contribution in [0, 0.1) is 17.8 Å². The third-order valence-corrected chi connectivity index (χ3v) is 7.09. The Bertz CT molecular complexity index is 1120. The minimum atomic E-state index is -0.723. The maximum Gasteiger partial charge on any atom is 0.290 e. The van der Waals surface area contributed by atoms with Gasteiger partial charge in [-0.3, -0.25) is 4.79 Å². The molecule has 0 aromatic carbocycles. The van der Waals surface area contributed by atoms with Crippen molar-refractivity contribution in [3.8, 4) is 11.5 Å². The van der Waals surface area contributed by atoms with Crippen molar-refractivity contribution in [3.63, 3.8) is 0 Å². The van der Waals surface area contributed by atoms with E-state index >= 15 is 0 Å². The Kier molecular flexibility index (Phi) is 6.68. The van der Waals surface area contributed by atoms with E-state index in [1.807, 2.05) is 12.3 Å². The maximum absolute atomic E-state index is 11.4. The summed E-state index contributed by atoms with van der Waals surface area (Å²) in [4.78, 5) is 23.2. The van der Waals surface area contributed by atoms with E-state index in [9.17, 15) is 4.79 Å². The molecule has 3 heterocycles. The predicted octanol–water partition coefficient (Wildman–Crippen LogP) is 3.30. The highest BCUT2D eigenvalue weighted by atomic mass is 35.5. The number of aromatic nitrogens is 4. The van der Waals surface area contributed by atoms with Crippen LogP contribution in [-0.2, 0) is 0 Å². The van der Waals surface area contributed by atoms with Crippen LogP contribution in [-0.4, -0.2) is 37.6 Å². The lowest BCUT2D eigenvalue weighted by Crippen LogP contribution is -2.62. The van der Waals surface area contributed by atoms with E-state index in [1.165, 1.54) is 19.3 Å². The van der Waals surface area contributed by atoms with E-state index in [2.05, 4.69) is 25.4 Å². The molecule has 0 aliphatic heterocycles. The molecule has 0 radical (unpaired) electrons. The molecule has 174 valence electrons. The zero-order chi connectivity index (χ0) is 19.8. The Labute approximate surface area is 203 Å². The van der Waals surface area contributed by atoms with Crippen LogP contribution in [0.25, 0.3) is 22.5 Å². The molecule has 3 aromatic heterocycles. The average molecular weight is 503 g/mol. The van der Waals surface area contributed by atoms with Crippen molar-refractivity contribution >= 4 is 59.8 Å². The first-order valence-corrected chi connectivity index (χ1v) is 10.1. The van der Waals surface area contributed by atoms with Gasteiger partial charge in [0.05, 0.1) is 11.3 Å². The number of carbonyl (C=O) groups is 1. The van der Waals surface area contributed by atoms with E-state index in [0.717, 1.165) is 35.5 Å². The average Bonchev–Trinajstić information content (AvgIpc) is 3.32. The van der Waals surface area contributed by atoms with Crippen molar-refractivity contribution in [2.45, 2.75) is 43.7 Å². The number of hydrogen-bond donors (Lipinski definition) is 4. The third kappa shape index (κ3) is 3.81. The number of pyridine rings is 1. The molecule has 2 atom stereocenters. The molecular formula is C20H26Cl3N7O2. The highest BCUT2D eigenvalue weighted by Crippen LogP contribution is 2.55. The highest BCUT2D eigenvalue weighted by molar-refractivity contribution is 5.97. The molecule has 2 unspecified atom stereocenters. The number of primary amides is 1. The fraction of sp³-hybridized carbons (Fsp3) is 0.500. The van der Waals surface area contributed by atoms with Gasteiger partial charge in [-0.1, -0.05) is 5.16 Å². The predicted molar refractivity (Wildman–Crippen MR) is 128 cm³/mol. The molecule has 0 spiro atoms. The van der Waals surface area contributed by atoms with Crippen LogP contribution in [0.2, 0.25) is 0 Å². The van der Waals surface area contributed by atoms with Crippen molar-refractivity contribution in [1.29, 1.82) is 0 Å². The summed E-state index contributed by atoms with van der Waals surface area (Å²) in [6.07, 6.45) is 9.34. The molecule has 4 fully saturated rings. The number of rotatable bonds is 4. The van der Waals surface area contributed by atoms with Gasteiger partial charge >= 0.3 is 0 Å². The lowest BCUT2D eigenvalue weighted by molar-refractivity contribution is -0.0107. The summed E-state index contributed by atoms with van der Waals surface area (Å²) >= 11 is 0. The second-order valence-corrected chi connectivity index (χ2v) is 9.08. The number of amides is 1. The molecule has 32 heavy (non-hydrogen) atoms. The molecule has 9 nitrogen and oxygen atoms in total. The summed E-state index contributed by atoms with van der Waals surface area (Å²) in [5.74, 6) is 1.25. The Morgan fingerprint density at radius 3 is 2.53 bits per heavy atom. The van der Waals surface area contributed by atoms with E-state index in [-0.39, 0.29) is 54.5 Å². The SMILES string of the molecule is Cl.Cl.Cl.NC(=O)c1noc(-c2cnc3[nH]ccc3c2NC2C3CC4CC2CC(N)(C4)C3)n1. The minimum Gasteiger partial charge on any atom is -0.380 e. The van der Waals surface area contributed by atoms with Crippen molar-refractivity contribution < 1.29 is 9.32 Å². The van der Waals surface area contributed by atoms with Gasteiger partial charge in [-0.2, -0.15) is 4.98 Å². The molecule has 7 rings (SSSR count). The van der Waals surface area contributed by atoms with Crippen molar-refractivity contribution in [1.82, 2.24) is 20.1 Å². The number of halogens is 3. The van der Waals surface area contributed by atoms with Crippen LogP contribution in [0.4, 0.5) is 5.69 Å². The number of carbonyl (C=O) groups excluding carboxylic acids is 1. The minimum absolute atomic E-state index is 0. The first-order chi connectivity index (χ1) is 14.0. The number of anilines is 1. The molecule has 0 saturated heterocycles. The van der Waals surface area contributed by atoms with Gasteiger partial charge in [-0.15, -0.1) is 37.2 Å². The molecule has 4 aliphatic rings. The summed E-state index contributed by atoms with van der Waals surface area (Å²) in [6, 6.07) is 2.33. The largest absolute Gasteiger partial charge is 0.380 e. The van der Waals surface area contributed by atoms with Crippen molar-refractivity contribution in [3.05, 3.63) is 24.3 Å². The van der Waals surface area contributed by atoms with E-state index in [0.29, 0.717) is 23.4 Å². The van der Waals surface area contributed by atoms with E-state index < -0.39 is 5.91 Å². The standard InChI is InChI=1S/C20H23N7O2.3ClH/c21-16(28)18-26-19(29-27-18)13-8-24-17-12(1-2-23-17)15(13)25-14-10-3-9-4-11(14)7-20(22,5-9)6-10;;;/h1-2,8-11,14H,3-7,22H2,(H2,21,28)(H2,23,24,25);3*1H. The molecule has 6 N–H and O–H groups in total. The van der Waals surface area contributed by atoms with Gasteiger partial charge < -0.3 is 26.3 Å². The summed E-state index contributed by atoms with van der Waals surface area (Å²) in [5, 5.41) is 8.46. The van der Waals surface area contributed by atoms with Crippen LogP contribution in [0.15, 0.2) is 23.0 Å². The number of H-pyrrole nitrogens is 1. The summed E-state index contributed by atoms with van der Waals surface area (Å²) in [5.41, 5.74) is 14.3. The number of nitrogens with one attached hydrogen (secondary N) is 2. The number of fused-ring (bicyclic) bond motifs is 1. The molecule has 3 aromatic rings. The van der Waals surface area contributed by atoms with Gasteiger partial charge in [0.2, 0.25) is 0 Å². The normalized spacial score (nSPS) is 29.7. The fourth-order valence-corrected chi connectivity index (χ4v) is 6.25. The van der Waals surface area contributed by atoms with Crippen LogP contribution in [0.1, 0.15) is 42.7 Å². The van der Waals surface area contributed by atoms with Gasteiger partial charge in [0, 0.05) is 29.4 Å². The van der Waals surface area contributed by atoms with Crippen LogP contribution in [0.3, 0.4) is 0 Å². The van der Waals surface area contributed by atoms with Gasteiger partial charge in [-0.05, 0) is 55.9 Å². The molecule has 4 aliphatic carbocycles. The Morgan fingerprint density at radius 2 is 1.91 bits per heavy atom. The van der Waals surface area contributed by atoms with Crippen molar-refractivity contribution in [2.75, 3.05) is 5.32 Å². The summed E-state index contributed by atoms with van der Waals surface area (Å²) in [7, 11) is 0. The molecule has 4 bridgehead atoms. The number of nitrogens with two attached hydrogens (primary N) is 2. The Balaban J connectivity index is 0.000000963. The topological polar surface area (TPSA) is 149 Å². The van der Waals surface area contributed by atoms with Gasteiger partial charge in [-0.25, -0.2) is 4.98 Å². The zero-order valence-electron chi connectivity index (χ0n) is 17.1. The first-order valence-electron chi connectivity index (χ1n) is 10.1. The summed E-state index contributed by atoms with van der Waals surface area (Å²) in [6.45, 7) is 0. The summed E-state index contributed by atoms with van der Waals surface area (Å²) < 4.78 is 5.33. The first kappa shape index (κ1) is 24.6. The van der Waals surface area contributed by atoms with Gasteiger partial charge in [0.25, 0.3) is 17.6 Å². The fourth-order valence-electron chi connectivity index (χ4n) is 6.25. The number of hydrogen-bond acceptors (Lipinski definition) is 7. The number of aromatic amines is 1. The highest BCUT2D eigenvalue weighted by Gasteiger charge is 2.53. The molecule has 4 saturated carbocycles. The van der Waals surface area contributed by atoms with Crippen LogP contribution < -0.4 is 16.8 Å². The van der Waals surface area contributed by atoms with Gasteiger partial charge in [0.1, 0.15) is 5.65 Å². The lowest BCUT2D eigenvalue weighted by Gasteiger charge is -2.59. The second kappa shape index (κ2) is 8.70. The van der Waals surface area contributed by atoms with E-state index in [4.69, 9.17) is 16.0 Å². The smallest absolute Gasteiger partial charge is 0.290 e. The number of nitrogens with zero attached hydrogens (tertiary/aromatic N) is 3. The Morgan fingerprint density at radius 1 is 1.19 bits per heavy atom. The molecule has 1 amide bonds. The van der Waals surface area contributed by atoms with Crippen molar-refractivity contribution in [2.24, 2.45) is 29.2 Å². The maximum atomic E-state index is 11.4. The zero-order valence-corrected chi connectivity index (χ0v) is 19.6. The molecular weight excluding hydrogens is 477 g/mol. The molecule has 12 heteroatoms. The monoisotopic (exact) mass is 501 g/mol.